The minimum atomic E-state index is -0.313. The minimum absolute atomic E-state index is 0.000506. The lowest BCUT2D eigenvalue weighted by Gasteiger charge is -2.26. The molecule has 12 heteroatoms. The van der Waals surface area contributed by atoms with Gasteiger partial charge in [-0.2, -0.15) is 0 Å². The number of carbonyl (C=O) groups is 4. The maximum atomic E-state index is 13.7. The van der Waals surface area contributed by atoms with Crippen molar-refractivity contribution in [2.75, 3.05) is 46.5 Å². The Morgan fingerprint density at radius 2 is 1.68 bits per heavy atom. The van der Waals surface area contributed by atoms with E-state index in [0.29, 0.717) is 64.3 Å². The van der Waals surface area contributed by atoms with Crippen molar-refractivity contribution >= 4 is 24.3 Å². The van der Waals surface area contributed by atoms with Crippen molar-refractivity contribution in [1.29, 1.82) is 0 Å². The first kappa shape index (κ1) is 35.0. The Kier molecular flexibility index (Phi) is 13.6. The zero-order chi connectivity index (χ0) is 33.4. The number of carboxylic acid groups (broad SMARTS) is 1. The van der Waals surface area contributed by atoms with Crippen molar-refractivity contribution in [1.82, 2.24) is 19.4 Å². The molecule has 252 valence electrons. The zero-order valence-electron chi connectivity index (χ0n) is 27.0. The standard InChI is InChI=1S/C34H42N4O6.CH2O2/c1-42-32(40)12-5-11-31(39)36-16-2-3-17-38(34(41)28-13-14-30-26(24-28)9-6-22-44-30)18-7-23-43-29-10-4-8-27(25-29)33-35-15-19-37(33)21-20-36;2-1-3/h4,8,10,13-15,19,24-25H,2-3,5-7,9,11-12,16-18,20-23H2,1H3;1H,(H,2,3). The molecule has 0 saturated heterocycles. The van der Waals surface area contributed by atoms with Gasteiger partial charge >= 0.3 is 5.97 Å². The van der Waals surface area contributed by atoms with Crippen LogP contribution in [0.4, 0.5) is 0 Å². The third kappa shape index (κ3) is 10.3. The molecule has 1 N–H and O–H groups in total. The van der Waals surface area contributed by atoms with Crippen LogP contribution in [0.3, 0.4) is 0 Å². The topological polar surface area (TPSA) is 140 Å². The van der Waals surface area contributed by atoms with Gasteiger partial charge in [0.15, 0.2) is 0 Å². The van der Waals surface area contributed by atoms with E-state index < -0.39 is 0 Å². The fourth-order valence-corrected chi connectivity index (χ4v) is 5.75. The maximum absolute atomic E-state index is 13.7. The van der Waals surface area contributed by atoms with E-state index >= 15 is 0 Å². The summed E-state index contributed by atoms with van der Waals surface area (Å²) in [6.45, 7) is 3.74. The first-order chi connectivity index (χ1) is 22.9. The van der Waals surface area contributed by atoms with Gasteiger partial charge < -0.3 is 33.7 Å². The summed E-state index contributed by atoms with van der Waals surface area (Å²) in [7, 11) is 1.36. The number of aromatic nitrogens is 2. The predicted octanol–water partition coefficient (Wildman–Crippen LogP) is 4.45. The number of amides is 2. The van der Waals surface area contributed by atoms with Crippen LogP contribution in [0.5, 0.6) is 11.5 Å². The van der Waals surface area contributed by atoms with Crippen LogP contribution in [-0.4, -0.2) is 95.2 Å². The summed E-state index contributed by atoms with van der Waals surface area (Å²) < 4.78 is 18.6. The zero-order valence-corrected chi connectivity index (χ0v) is 27.0. The molecule has 0 fully saturated rings. The van der Waals surface area contributed by atoms with Gasteiger partial charge in [-0.3, -0.25) is 19.2 Å². The van der Waals surface area contributed by atoms with Gasteiger partial charge in [-0.15, -0.1) is 0 Å². The number of rotatable bonds is 5. The monoisotopic (exact) mass is 648 g/mol. The summed E-state index contributed by atoms with van der Waals surface area (Å²) in [6.07, 6.45) is 8.67. The Hall–Kier alpha value is -4.87. The SMILES string of the molecule is COC(=O)CCCC(=O)N1CCCCN(C(=O)c2ccc3c(c2)CCCO3)CCCOc2cccc(c2)-c2nccn2CC1.O=CO. The first-order valence-corrected chi connectivity index (χ1v) is 16.1. The summed E-state index contributed by atoms with van der Waals surface area (Å²) in [4.78, 5) is 55.3. The molecular formula is C35H44N4O8. The Morgan fingerprint density at radius 1 is 0.915 bits per heavy atom. The Balaban J connectivity index is 0.00000160. The molecule has 3 heterocycles. The number of carbonyl (C=O) groups excluding carboxylic acids is 3. The molecule has 2 bridgehead atoms. The van der Waals surface area contributed by atoms with Gasteiger partial charge in [-0.25, -0.2) is 4.98 Å². The number of methoxy groups -OCH3 is 1. The molecule has 2 aliphatic rings. The van der Waals surface area contributed by atoms with Crippen molar-refractivity contribution < 1.29 is 38.5 Å². The van der Waals surface area contributed by atoms with E-state index in [4.69, 9.17) is 24.1 Å². The van der Waals surface area contributed by atoms with E-state index in [1.807, 2.05) is 58.5 Å². The van der Waals surface area contributed by atoms with Crippen molar-refractivity contribution in [3.05, 3.63) is 66.0 Å². The van der Waals surface area contributed by atoms with Crippen LogP contribution in [-0.2, 0) is 32.1 Å². The Bertz CT molecular complexity index is 1490. The highest BCUT2D eigenvalue weighted by Crippen LogP contribution is 2.27. The number of aryl methyl sites for hydroxylation is 1. The van der Waals surface area contributed by atoms with E-state index in [1.165, 1.54) is 7.11 Å². The number of nitrogens with zero attached hydrogens (tertiary/aromatic N) is 4. The lowest BCUT2D eigenvalue weighted by molar-refractivity contribution is -0.141. The van der Waals surface area contributed by atoms with Crippen molar-refractivity contribution in [2.45, 2.75) is 57.9 Å². The maximum Gasteiger partial charge on any atom is 0.305 e. The van der Waals surface area contributed by atoms with Gasteiger partial charge in [-0.05, 0) is 74.4 Å². The van der Waals surface area contributed by atoms with E-state index in [9.17, 15) is 14.4 Å². The number of fused-ring (bicyclic) bond motifs is 5. The number of esters is 1. The molecule has 1 aromatic heterocycles. The summed E-state index contributed by atoms with van der Waals surface area (Å²) in [6, 6.07) is 13.6. The van der Waals surface area contributed by atoms with Gasteiger partial charge in [0.1, 0.15) is 17.3 Å². The third-order valence-electron chi connectivity index (χ3n) is 8.16. The van der Waals surface area contributed by atoms with Crippen LogP contribution >= 0.6 is 0 Å². The number of benzene rings is 2. The van der Waals surface area contributed by atoms with Gasteiger partial charge in [0, 0.05) is 69.1 Å². The molecule has 0 aliphatic carbocycles. The Morgan fingerprint density at radius 3 is 2.49 bits per heavy atom. The number of hydrogen-bond donors (Lipinski definition) is 1. The molecule has 2 aliphatic heterocycles. The second kappa shape index (κ2) is 18.3. The van der Waals surface area contributed by atoms with Gasteiger partial charge in [0.25, 0.3) is 12.4 Å². The lowest BCUT2D eigenvalue weighted by atomic mass is 10.0. The molecule has 0 saturated carbocycles. The molecule has 0 unspecified atom stereocenters. The largest absolute Gasteiger partial charge is 0.494 e. The molecule has 0 radical (unpaired) electrons. The van der Waals surface area contributed by atoms with E-state index in [0.717, 1.165) is 54.1 Å². The van der Waals surface area contributed by atoms with Crippen LogP contribution in [0, 0.1) is 0 Å². The fraction of sp³-hybridized carbons (Fsp3) is 0.457. The fourth-order valence-electron chi connectivity index (χ4n) is 5.75. The molecule has 5 rings (SSSR count). The second-order valence-corrected chi connectivity index (χ2v) is 11.4. The molecular weight excluding hydrogens is 604 g/mol. The Labute approximate surface area is 275 Å². The van der Waals surface area contributed by atoms with Crippen molar-refractivity contribution in [3.8, 4) is 22.9 Å². The average Bonchev–Trinajstić information content (AvgIpc) is 3.57. The molecule has 0 spiro atoms. The third-order valence-corrected chi connectivity index (χ3v) is 8.16. The van der Waals surface area contributed by atoms with Crippen LogP contribution < -0.4 is 9.47 Å². The highest BCUT2D eigenvalue weighted by Gasteiger charge is 2.20. The molecule has 3 aromatic rings. The number of imidazole rings is 1. The second-order valence-electron chi connectivity index (χ2n) is 11.4. The van der Waals surface area contributed by atoms with Gasteiger partial charge in [0.2, 0.25) is 5.91 Å². The van der Waals surface area contributed by atoms with Crippen LogP contribution in [0.25, 0.3) is 11.4 Å². The summed E-state index contributed by atoms with van der Waals surface area (Å²) >= 11 is 0. The molecule has 2 amide bonds. The number of ether oxygens (including phenoxy) is 3. The van der Waals surface area contributed by atoms with Crippen molar-refractivity contribution in [2.24, 2.45) is 0 Å². The minimum Gasteiger partial charge on any atom is -0.494 e. The van der Waals surface area contributed by atoms with Crippen LogP contribution in [0.2, 0.25) is 0 Å². The summed E-state index contributed by atoms with van der Waals surface area (Å²) in [5, 5.41) is 6.89. The van der Waals surface area contributed by atoms with E-state index in [1.54, 1.807) is 6.20 Å². The quantitative estimate of drug-likeness (QED) is 0.314. The summed E-state index contributed by atoms with van der Waals surface area (Å²) in [5.74, 6) is 2.12. The molecule has 12 nitrogen and oxygen atoms in total. The van der Waals surface area contributed by atoms with Crippen molar-refractivity contribution in [3.63, 3.8) is 0 Å². The van der Waals surface area contributed by atoms with Gasteiger partial charge in [0.05, 0.1) is 20.3 Å². The predicted molar refractivity (Wildman–Crippen MR) is 174 cm³/mol. The van der Waals surface area contributed by atoms with Gasteiger partial charge in [-0.1, -0.05) is 12.1 Å². The van der Waals surface area contributed by atoms with E-state index in [-0.39, 0.29) is 37.1 Å². The lowest BCUT2D eigenvalue weighted by Crippen LogP contribution is -2.36. The normalized spacial score (nSPS) is 15.3. The van der Waals surface area contributed by atoms with Crippen LogP contribution in [0.15, 0.2) is 54.9 Å². The molecule has 0 atom stereocenters. The van der Waals surface area contributed by atoms with Crippen LogP contribution in [0.1, 0.15) is 60.9 Å². The highest BCUT2D eigenvalue weighted by molar-refractivity contribution is 5.94. The van der Waals surface area contributed by atoms with E-state index in [2.05, 4.69) is 9.55 Å². The first-order valence-electron chi connectivity index (χ1n) is 16.1. The molecule has 47 heavy (non-hydrogen) atoms. The molecule has 2 aromatic carbocycles. The summed E-state index contributed by atoms with van der Waals surface area (Å²) in [5.41, 5.74) is 2.68. The highest BCUT2D eigenvalue weighted by atomic mass is 16.5. The number of hydrogen-bond acceptors (Lipinski definition) is 8. The smallest absolute Gasteiger partial charge is 0.305 e. The average molecular weight is 649 g/mol.